The molecule has 1 aromatic heterocycles. The molecule has 1 amide bonds. The fraction of sp³-hybridized carbons (Fsp3) is 0.190. The first-order valence-corrected chi connectivity index (χ1v) is 9.02. The molecular weight excluding hydrogens is 362 g/mol. The Bertz CT molecular complexity index is 1020. The van der Waals surface area contributed by atoms with Gasteiger partial charge in [0, 0.05) is 28.5 Å². The Labute approximate surface area is 162 Å². The van der Waals surface area contributed by atoms with Crippen LogP contribution in [0, 0.1) is 13.8 Å². The smallest absolute Gasteiger partial charge is 0.410 e. The van der Waals surface area contributed by atoms with Gasteiger partial charge in [0.25, 0.3) is 0 Å². The number of hydrogen-bond acceptors (Lipinski definition) is 4. The number of halogens is 1. The van der Waals surface area contributed by atoms with Crippen molar-refractivity contribution in [3.63, 3.8) is 0 Å². The molecule has 1 aliphatic heterocycles. The summed E-state index contributed by atoms with van der Waals surface area (Å²) < 4.78 is 5.54. The van der Waals surface area contributed by atoms with Crippen LogP contribution in [-0.4, -0.2) is 21.0 Å². The Morgan fingerprint density at radius 3 is 2.63 bits per heavy atom. The number of benzene rings is 2. The van der Waals surface area contributed by atoms with Crippen LogP contribution in [0.3, 0.4) is 0 Å². The van der Waals surface area contributed by atoms with Crippen LogP contribution in [0.4, 0.5) is 4.79 Å². The van der Waals surface area contributed by atoms with E-state index in [1.54, 1.807) is 23.4 Å². The van der Waals surface area contributed by atoms with Gasteiger partial charge in [-0.1, -0.05) is 23.7 Å². The van der Waals surface area contributed by atoms with Crippen molar-refractivity contribution in [1.82, 2.24) is 14.9 Å². The third kappa shape index (κ3) is 3.51. The summed E-state index contributed by atoms with van der Waals surface area (Å²) in [5, 5.41) is 0.709. The second-order valence-corrected chi connectivity index (χ2v) is 7.05. The van der Waals surface area contributed by atoms with Crippen LogP contribution in [0.2, 0.25) is 5.02 Å². The number of rotatable bonds is 3. The van der Waals surface area contributed by atoms with Gasteiger partial charge in [-0.25, -0.2) is 14.8 Å². The number of aromatic nitrogens is 2. The molecule has 0 aliphatic carbocycles. The molecule has 0 fully saturated rings. The number of carbonyl (C=O) groups is 1. The molecule has 3 aromatic rings. The fourth-order valence-electron chi connectivity index (χ4n) is 3.21. The Morgan fingerprint density at radius 2 is 1.89 bits per heavy atom. The molecule has 5 nitrogen and oxygen atoms in total. The molecule has 0 atom stereocenters. The maximum atomic E-state index is 12.3. The summed E-state index contributed by atoms with van der Waals surface area (Å²) in [6, 6.07) is 11.7. The fourth-order valence-corrected chi connectivity index (χ4v) is 3.54. The lowest BCUT2D eigenvalue weighted by atomic mass is 9.96. The van der Waals surface area contributed by atoms with Crippen LogP contribution >= 0.6 is 11.6 Å². The molecular formula is C21H18ClN3O2. The van der Waals surface area contributed by atoms with Crippen molar-refractivity contribution in [2.45, 2.75) is 26.9 Å². The van der Waals surface area contributed by atoms with Crippen LogP contribution < -0.4 is 4.74 Å². The van der Waals surface area contributed by atoms with Gasteiger partial charge in [-0.15, -0.1) is 0 Å². The van der Waals surface area contributed by atoms with Gasteiger partial charge in [0.15, 0.2) is 0 Å². The highest BCUT2D eigenvalue weighted by atomic mass is 35.5. The van der Waals surface area contributed by atoms with E-state index < -0.39 is 6.09 Å². The van der Waals surface area contributed by atoms with Gasteiger partial charge in [0.2, 0.25) is 0 Å². The van der Waals surface area contributed by atoms with E-state index in [9.17, 15) is 4.79 Å². The highest BCUT2D eigenvalue weighted by molar-refractivity contribution is 6.33. The highest BCUT2D eigenvalue weighted by Crippen LogP contribution is 2.37. The van der Waals surface area contributed by atoms with E-state index >= 15 is 0 Å². The number of hydrogen-bond donors (Lipinski definition) is 0. The largest absolute Gasteiger partial charge is 0.415 e. The van der Waals surface area contributed by atoms with E-state index in [2.05, 4.69) is 9.97 Å². The van der Waals surface area contributed by atoms with Crippen molar-refractivity contribution >= 4 is 17.7 Å². The highest BCUT2D eigenvalue weighted by Gasteiger charge is 2.27. The molecule has 0 radical (unpaired) electrons. The number of fused-ring (bicyclic) bond motifs is 1. The second kappa shape index (κ2) is 7.00. The molecule has 0 saturated carbocycles. The quantitative estimate of drug-likeness (QED) is 0.647. The van der Waals surface area contributed by atoms with Gasteiger partial charge < -0.3 is 4.74 Å². The van der Waals surface area contributed by atoms with Crippen LogP contribution in [0.25, 0.3) is 11.1 Å². The lowest BCUT2D eigenvalue weighted by molar-refractivity contribution is 0.134. The molecule has 27 heavy (non-hydrogen) atoms. The van der Waals surface area contributed by atoms with Crippen molar-refractivity contribution in [3.05, 3.63) is 76.3 Å². The summed E-state index contributed by atoms with van der Waals surface area (Å²) in [6.45, 7) is 4.74. The minimum absolute atomic E-state index is 0.299. The molecule has 6 heteroatoms. The third-order valence-corrected chi connectivity index (χ3v) is 4.90. The predicted octanol–water partition coefficient (Wildman–Crippen LogP) is 4.93. The maximum absolute atomic E-state index is 12.3. The van der Waals surface area contributed by atoms with E-state index in [1.165, 1.54) is 0 Å². The molecule has 0 spiro atoms. The molecule has 0 bridgehead atoms. The summed E-state index contributed by atoms with van der Waals surface area (Å²) in [6.07, 6.45) is 2.93. The molecule has 136 valence electrons. The van der Waals surface area contributed by atoms with Gasteiger partial charge in [0.05, 0.1) is 13.1 Å². The van der Waals surface area contributed by atoms with Gasteiger partial charge in [-0.05, 0) is 54.8 Å². The zero-order chi connectivity index (χ0) is 19.0. The van der Waals surface area contributed by atoms with Gasteiger partial charge in [0.1, 0.15) is 11.6 Å². The minimum atomic E-state index is -0.393. The maximum Gasteiger partial charge on any atom is 0.415 e. The summed E-state index contributed by atoms with van der Waals surface area (Å²) in [7, 11) is 0. The van der Waals surface area contributed by atoms with Crippen molar-refractivity contribution in [2.24, 2.45) is 0 Å². The van der Waals surface area contributed by atoms with Crippen LogP contribution in [0.1, 0.15) is 22.5 Å². The van der Waals surface area contributed by atoms with E-state index in [-0.39, 0.29) is 0 Å². The number of nitrogens with zero attached hydrogens (tertiary/aromatic N) is 3. The molecule has 2 aromatic carbocycles. The van der Waals surface area contributed by atoms with Gasteiger partial charge >= 0.3 is 6.09 Å². The zero-order valence-corrected chi connectivity index (χ0v) is 15.8. The SMILES string of the molecule is Cc1ccc(-c2cc3c(cc2C)OC(=O)N(Cc2ncccn2)C3)c(Cl)c1. The Kier molecular flexibility index (Phi) is 4.54. The molecule has 0 N–H and O–H groups in total. The first kappa shape index (κ1) is 17.5. The average molecular weight is 380 g/mol. The zero-order valence-electron chi connectivity index (χ0n) is 15.1. The van der Waals surface area contributed by atoms with Gasteiger partial charge in [-0.2, -0.15) is 0 Å². The molecule has 1 aliphatic rings. The molecule has 2 heterocycles. The van der Waals surface area contributed by atoms with E-state index in [0.29, 0.717) is 29.7 Å². The standard InChI is InChI=1S/C21H18ClN3O2/c1-13-4-5-16(18(22)8-13)17-10-15-11-25(12-20-23-6-3-7-24-20)21(26)27-19(15)9-14(17)2/h3-10H,11-12H2,1-2H3. The van der Waals surface area contributed by atoms with E-state index in [1.807, 2.05) is 44.2 Å². The summed E-state index contributed by atoms with van der Waals surface area (Å²) >= 11 is 6.47. The van der Waals surface area contributed by atoms with E-state index in [4.69, 9.17) is 16.3 Å². The van der Waals surface area contributed by atoms with Gasteiger partial charge in [-0.3, -0.25) is 4.90 Å². The van der Waals surface area contributed by atoms with Crippen LogP contribution in [0.15, 0.2) is 48.8 Å². The number of ether oxygens (including phenoxy) is 1. The summed E-state index contributed by atoms with van der Waals surface area (Å²) in [5.74, 6) is 1.17. The number of aryl methyl sites for hydroxylation is 2. The van der Waals surface area contributed by atoms with Crippen molar-refractivity contribution in [1.29, 1.82) is 0 Å². The third-order valence-electron chi connectivity index (χ3n) is 4.59. The van der Waals surface area contributed by atoms with Crippen molar-refractivity contribution in [3.8, 4) is 16.9 Å². The normalized spacial score (nSPS) is 13.3. The molecule has 0 unspecified atom stereocenters. The van der Waals surface area contributed by atoms with E-state index in [0.717, 1.165) is 27.8 Å². The molecule has 4 rings (SSSR count). The topological polar surface area (TPSA) is 55.3 Å². The second-order valence-electron chi connectivity index (χ2n) is 6.65. The Balaban J connectivity index is 1.68. The first-order chi connectivity index (χ1) is 13.0. The lowest BCUT2D eigenvalue weighted by Gasteiger charge is -2.28. The number of carbonyl (C=O) groups excluding carboxylic acids is 1. The number of amides is 1. The molecule has 0 saturated heterocycles. The monoisotopic (exact) mass is 379 g/mol. The van der Waals surface area contributed by atoms with Crippen LogP contribution in [0.5, 0.6) is 5.75 Å². The summed E-state index contributed by atoms with van der Waals surface area (Å²) in [5.41, 5.74) is 5.06. The summed E-state index contributed by atoms with van der Waals surface area (Å²) in [4.78, 5) is 22.3. The lowest BCUT2D eigenvalue weighted by Crippen LogP contribution is -2.37. The van der Waals surface area contributed by atoms with Crippen molar-refractivity contribution < 1.29 is 9.53 Å². The van der Waals surface area contributed by atoms with Crippen molar-refractivity contribution in [2.75, 3.05) is 0 Å². The Hall–Kier alpha value is -2.92. The predicted molar refractivity (Wildman–Crippen MR) is 104 cm³/mol. The van der Waals surface area contributed by atoms with Crippen LogP contribution in [-0.2, 0) is 13.1 Å². The Morgan fingerprint density at radius 1 is 1.11 bits per heavy atom. The average Bonchev–Trinajstić information content (AvgIpc) is 2.64. The first-order valence-electron chi connectivity index (χ1n) is 8.64. The minimum Gasteiger partial charge on any atom is -0.410 e.